The minimum atomic E-state index is -4.92. The highest BCUT2D eigenvalue weighted by atomic mass is 32.2. The minimum Gasteiger partial charge on any atom is -0.406 e. The van der Waals surface area contributed by atoms with Gasteiger partial charge < -0.3 is 15.0 Å². The fraction of sp³-hybridized carbons (Fsp3) is 0.435. The van der Waals surface area contributed by atoms with Crippen molar-refractivity contribution < 1.29 is 31.1 Å². The van der Waals surface area contributed by atoms with Gasteiger partial charge in [-0.15, -0.1) is 13.2 Å². The lowest BCUT2D eigenvalue weighted by molar-refractivity contribution is -0.274. The number of carbonyl (C=O) groups is 1. The Balaban J connectivity index is 1.39. The van der Waals surface area contributed by atoms with Crippen LogP contribution >= 0.6 is 0 Å². The Morgan fingerprint density at radius 1 is 0.971 bits per heavy atom. The van der Waals surface area contributed by atoms with Crippen LogP contribution in [0, 0.1) is 5.92 Å². The normalized spacial score (nSPS) is 18.1. The van der Waals surface area contributed by atoms with Gasteiger partial charge in [0.2, 0.25) is 15.9 Å². The van der Waals surface area contributed by atoms with Crippen LogP contribution < -0.4 is 15.0 Å². The lowest BCUT2D eigenvalue weighted by Crippen LogP contribution is -2.41. The Kier molecular flexibility index (Phi) is 7.04. The van der Waals surface area contributed by atoms with Crippen LogP contribution in [0.5, 0.6) is 5.75 Å². The van der Waals surface area contributed by atoms with Crippen molar-refractivity contribution in [3.63, 3.8) is 0 Å². The summed E-state index contributed by atoms with van der Waals surface area (Å²) in [4.78, 5) is 14.9. The molecule has 0 bridgehead atoms. The zero-order valence-corrected chi connectivity index (χ0v) is 19.2. The monoisotopic (exact) mass is 497 g/mol. The van der Waals surface area contributed by atoms with E-state index in [2.05, 4.69) is 15.0 Å². The van der Waals surface area contributed by atoms with Gasteiger partial charge >= 0.3 is 6.36 Å². The average molecular weight is 498 g/mol. The van der Waals surface area contributed by atoms with Gasteiger partial charge in [-0.3, -0.25) is 4.79 Å². The van der Waals surface area contributed by atoms with Crippen molar-refractivity contribution in [1.29, 1.82) is 0 Å². The van der Waals surface area contributed by atoms with E-state index >= 15 is 0 Å². The van der Waals surface area contributed by atoms with E-state index in [4.69, 9.17) is 0 Å². The van der Waals surface area contributed by atoms with Gasteiger partial charge in [0.05, 0.1) is 16.3 Å². The maximum Gasteiger partial charge on any atom is 0.573 e. The van der Waals surface area contributed by atoms with Crippen LogP contribution in [0.2, 0.25) is 0 Å². The lowest BCUT2D eigenvalue weighted by Gasteiger charge is -2.31. The molecule has 2 fully saturated rings. The van der Waals surface area contributed by atoms with Crippen LogP contribution in [-0.4, -0.2) is 51.2 Å². The summed E-state index contributed by atoms with van der Waals surface area (Å²) in [5, 5.41) is 3.00. The molecular weight excluding hydrogens is 471 g/mol. The topological polar surface area (TPSA) is 79.0 Å². The standard InChI is InChI=1S/C23H26F3N3O4S/c24-23(25,26)33-18-6-5-7-19(16-18)34(31,32)29-14-10-17(11-15-29)22(30)27-20-8-1-2-9-21(20)28-12-3-4-13-28/h1-2,5-9,16-17H,3-4,10-15H2,(H,27,30). The van der Waals surface area contributed by atoms with Gasteiger partial charge in [-0.1, -0.05) is 18.2 Å². The van der Waals surface area contributed by atoms with Crippen molar-refractivity contribution in [1.82, 2.24) is 4.31 Å². The summed E-state index contributed by atoms with van der Waals surface area (Å²) in [7, 11) is -4.02. The number of amides is 1. The van der Waals surface area contributed by atoms with E-state index in [1.807, 2.05) is 24.3 Å². The number of anilines is 2. The molecule has 0 atom stereocenters. The summed E-state index contributed by atoms with van der Waals surface area (Å²) < 4.78 is 68.4. The summed E-state index contributed by atoms with van der Waals surface area (Å²) in [6.07, 6.45) is -2.06. The van der Waals surface area contributed by atoms with E-state index < -0.39 is 22.1 Å². The van der Waals surface area contributed by atoms with Crippen LogP contribution in [0.25, 0.3) is 0 Å². The van der Waals surface area contributed by atoms with Crippen LogP contribution in [0.4, 0.5) is 24.5 Å². The summed E-state index contributed by atoms with van der Waals surface area (Å²) in [6.45, 7) is 2.08. The molecule has 2 aromatic carbocycles. The van der Waals surface area contributed by atoms with Crippen molar-refractivity contribution in [2.75, 3.05) is 36.4 Å². The molecule has 0 saturated carbocycles. The van der Waals surface area contributed by atoms with Crippen LogP contribution in [0.15, 0.2) is 53.4 Å². The van der Waals surface area contributed by atoms with E-state index in [1.54, 1.807) is 0 Å². The van der Waals surface area contributed by atoms with Gasteiger partial charge in [0.1, 0.15) is 5.75 Å². The molecule has 2 aliphatic rings. The third-order valence-electron chi connectivity index (χ3n) is 6.11. The molecule has 11 heteroatoms. The summed E-state index contributed by atoms with van der Waals surface area (Å²) >= 11 is 0. The maximum absolute atomic E-state index is 12.9. The Labute approximate surface area is 196 Å². The molecule has 1 amide bonds. The largest absolute Gasteiger partial charge is 0.573 e. The van der Waals surface area contributed by atoms with Crippen molar-refractivity contribution in [2.45, 2.75) is 36.9 Å². The predicted molar refractivity (Wildman–Crippen MR) is 121 cm³/mol. The molecule has 2 saturated heterocycles. The maximum atomic E-state index is 12.9. The van der Waals surface area contributed by atoms with Gasteiger partial charge in [-0.2, -0.15) is 4.31 Å². The second-order valence-electron chi connectivity index (χ2n) is 8.40. The molecule has 2 heterocycles. The van der Waals surface area contributed by atoms with Gasteiger partial charge in [-0.25, -0.2) is 8.42 Å². The third kappa shape index (κ3) is 5.64. The van der Waals surface area contributed by atoms with Gasteiger partial charge in [0.25, 0.3) is 0 Å². The highest BCUT2D eigenvalue weighted by Gasteiger charge is 2.34. The van der Waals surface area contributed by atoms with Crippen molar-refractivity contribution in [3.8, 4) is 5.75 Å². The quantitative estimate of drug-likeness (QED) is 0.647. The Morgan fingerprint density at radius 2 is 1.65 bits per heavy atom. The van der Waals surface area contributed by atoms with Crippen LogP contribution in [0.3, 0.4) is 0 Å². The van der Waals surface area contributed by atoms with Crippen LogP contribution in [0.1, 0.15) is 25.7 Å². The number of halogens is 3. The molecule has 184 valence electrons. The second-order valence-corrected chi connectivity index (χ2v) is 10.3. The molecule has 34 heavy (non-hydrogen) atoms. The van der Waals surface area contributed by atoms with Gasteiger partial charge in [0, 0.05) is 38.2 Å². The predicted octanol–water partition coefficient (Wildman–Crippen LogP) is 4.22. The van der Waals surface area contributed by atoms with Crippen molar-refractivity contribution in [2.24, 2.45) is 5.92 Å². The number of nitrogens with zero attached hydrogens (tertiary/aromatic N) is 2. The fourth-order valence-corrected chi connectivity index (χ4v) is 5.89. The third-order valence-corrected chi connectivity index (χ3v) is 8.00. The first-order valence-electron chi connectivity index (χ1n) is 11.1. The van der Waals surface area contributed by atoms with Crippen molar-refractivity contribution >= 4 is 27.3 Å². The number of carbonyl (C=O) groups excluding carboxylic acids is 1. The second kappa shape index (κ2) is 9.83. The summed E-state index contributed by atoms with van der Waals surface area (Å²) in [5.41, 5.74) is 1.72. The molecule has 2 aliphatic heterocycles. The number of benzene rings is 2. The number of hydrogen-bond acceptors (Lipinski definition) is 5. The number of ether oxygens (including phenoxy) is 1. The molecule has 0 aliphatic carbocycles. The summed E-state index contributed by atoms with van der Waals surface area (Å²) in [6, 6.07) is 12.0. The van der Waals surface area contributed by atoms with E-state index in [9.17, 15) is 26.4 Å². The smallest absolute Gasteiger partial charge is 0.406 e. The van der Waals surface area contributed by atoms with Gasteiger partial charge in [-0.05, 0) is 49.9 Å². The van der Waals surface area contributed by atoms with E-state index in [0.717, 1.165) is 49.4 Å². The number of nitrogens with one attached hydrogen (secondary N) is 1. The molecule has 1 N–H and O–H groups in total. The molecule has 4 rings (SSSR count). The molecule has 7 nitrogen and oxygen atoms in total. The minimum absolute atomic E-state index is 0.0958. The zero-order valence-electron chi connectivity index (χ0n) is 18.4. The first kappa shape index (κ1) is 24.3. The zero-order chi connectivity index (χ0) is 24.3. The number of alkyl halides is 3. The molecule has 0 spiro atoms. The van der Waals surface area contributed by atoms with E-state index in [1.165, 1.54) is 16.4 Å². The number of sulfonamides is 1. The Bertz CT molecular complexity index is 1130. The Morgan fingerprint density at radius 3 is 2.32 bits per heavy atom. The highest BCUT2D eigenvalue weighted by Crippen LogP contribution is 2.31. The van der Waals surface area contributed by atoms with E-state index in [0.29, 0.717) is 12.8 Å². The first-order chi connectivity index (χ1) is 16.1. The number of piperidine rings is 1. The molecular formula is C23H26F3N3O4S. The fourth-order valence-electron chi connectivity index (χ4n) is 4.39. The van der Waals surface area contributed by atoms with E-state index in [-0.39, 0.29) is 29.8 Å². The van der Waals surface area contributed by atoms with Gasteiger partial charge in [0.15, 0.2) is 0 Å². The SMILES string of the molecule is O=C(Nc1ccccc1N1CCCC1)C1CCN(S(=O)(=O)c2cccc(OC(F)(F)F)c2)CC1. The van der Waals surface area contributed by atoms with Crippen LogP contribution in [-0.2, 0) is 14.8 Å². The average Bonchev–Trinajstić information content (AvgIpc) is 3.33. The van der Waals surface area contributed by atoms with Crippen molar-refractivity contribution in [3.05, 3.63) is 48.5 Å². The molecule has 0 radical (unpaired) electrons. The Hall–Kier alpha value is -2.79. The number of para-hydroxylation sites is 2. The number of hydrogen-bond donors (Lipinski definition) is 1. The highest BCUT2D eigenvalue weighted by molar-refractivity contribution is 7.89. The first-order valence-corrected chi connectivity index (χ1v) is 12.6. The molecule has 0 unspecified atom stereocenters. The number of rotatable bonds is 6. The lowest BCUT2D eigenvalue weighted by atomic mass is 9.97. The summed E-state index contributed by atoms with van der Waals surface area (Å²) in [5.74, 6) is -1.12. The molecule has 2 aromatic rings. The molecule has 0 aromatic heterocycles.